The van der Waals surface area contributed by atoms with Crippen LogP contribution >= 0.6 is 0 Å². The van der Waals surface area contributed by atoms with Crippen molar-refractivity contribution in [2.45, 2.75) is 27.2 Å². The zero-order valence-corrected chi connectivity index (χ0v) is 8.37. The number of carbonyl (C=O) groups excluding carboxylic acids is 1. The van der Waals surface area contributed by atoms with Crippen LogP contribution in [0.25, 0.3) is 0 Å². The highest BCUT2D eigenvalue weighted by atomic mass is 16.1. The third-order valence-electron chi connectivity index (χ3n) is 1.90. The van der Waals surface area contributed by atoms with Crippen LogP contribution < -0.4 is 0 Å². The molecule has 0 radical (unpaired) electrons. The Morgan fingerprint density at radius 1 is 1.46 bits per heavy atom. The quantitative estimate of drug-likeness (QED) is 0.662. The highest BCUT2D eigenvalue weighted by molar-refractivity contribution is 5.58. The molecule has 0 amide bonds. The first-order chi connectivity index (χ1) is 6.03. The van der Waals surface area contributed by atoms with Crippen molar-refractivity contribution in [3.63, 3.8) is 0 Å². The van der Waals surface area contributed by atoms with E-state index in [0.717, 1.165) is 17.7 Å². The van der Waals surface area contributed by atoms with Gasteiger partial charge in [0.1, 0.15) is 6.29 Å². The summed E-state index contributed by atoms with van der Waals surface area (Å²) in [5.74, 6) is 0. The van der Waals surface area contributed by atoms with E-state index in [1.54, 1.807) is 0 Å². The topological polar surface area (TPSA) is 30.0 Å². The molecular weight excluding hydrogens is 162 g/mol. The van der Waals surface area contributed by atoms with Crippen LogP contribution in [0.5, 0.6) is 0 Å². The first-order valence-corrected chi connectivity index (χ1v) is 4.42. The first-order valence-electron chi connectivity index (χ1n) is 4.42. The Hall–Kier alpha value is -1.18. The number of aryl methyl sites for hydroxylation is 1. The molecule has 2 heteroatoms. The third-order valence-corrected chi connectivity index (χ3v) is 1.90. The summed E-state index contributed by atoms with van der Waals surface area (Å²) in [4.78, 5) is 15.0. The summed E-state index contributed by atoms with van der Waals surface area (Å²) in [5, 5.41) is 0. The number of rotatable bonds is 3. The Morgan fingerprint density at radius 3 is 2.69 bits per heavy atom. The molecule has 13 heavy (non-hydrogen) atoms. The molecule has 0 unspecified atom stereocenters. The molecule has 0 N–H and O–H groups in total. The molecule has 0 aliphatic carbocycles. The van der Waals surface area contributed by atoms with Crippen LogP contribution in [0.4, 0.5) is 0 Å². The molecule has 0 aliphatic heterocycles. The van der Waals surface area contributed by atoms with Crippen LogP contribution in [0.1, 0.15) is 25.2 Å². The maximum atomic E-state index is 10.7. The van der Waals surface area contributed by atoms with Crippen molar-refractivity contribution in [2.75, 3.05) is 0 Å². The van der Waals surface area contributed by atoms with Gasteiger partial charge in [0.05, 0.1) is 0 Å². The van der Waals surface area contributed by atoms with Crippen molar-refractivity contribution in [3.05, 3.63) is 29.6 Å². The monoisotopic (exact) mass is 177 g/mol. The number of carbonyl (C=O) groups is 1. The summed E-state index contributed by atoms with van der Waals surface area (Å²) in [6.07, 6.45) is 1.69. The van der Waals surface area contributed by atoms with E-state index in [-0.39, 0.29) is 5.41 Å². The van der Waals surface area contributed by atoms with E-state index in [1.165, 1.54) is 0 Å². The number of hydrogen-bond donors (Lipinski definition) is 0. The normalized spacial score (nSPS) is 11.3. The average molecular weight is 177 g/mol. The van der Waals surface area contributed by atoms with Crippen molar-refractivity contribution in [1.82, 2.24) is 4.98 Å². The number of pyridine rings is 1. The van der Waals surface area contributed by atoms with E-state index in [0.29, 0.717) is 6.42 Å². The molecule has 70 valence electrons. The molecule has 0 aromatic carbocycles. The Bertz CT molecular complexity index is 305. The third kappa shape index (κ3) is 2.98. The van der Waals surface area contributed by atoms with E-state index < -0.39 is 0 Å². The fourth-order valence-electron chi connectivity index (χ4n) is 1.21. The van der Waals surface area contributed by atoms with Gasteiger partial charge in [0, 0.05) is 23.2 Å². The molecular formula is C11H15NO. The zero-order valence-electron chi connectivity index (χ0n) is 8.37. The molecule has 0 saturated carbocycles. The molecule has 1 heterocycles. The number of aldehydes is 1. The van der Waals surface area contributed by atoms with Crippen molar-refractivity contribution in [1.29, 1.82) is 0 Å². The van der Waals surface area contributed by atoms with E-state index in [2.05, 4.69) is 4.98 Å². The van der Waals surface area contributed by atoms with Gasteiger partial charge in [0.25, 0.3) is 0 Å². The van der Waals surface area contributed by atoms with Crippen LogP contribution in [0.3, 0.4) is 0 Å². The highest BCUT2D eigenvalue weighted by Gasteiger charge is 2.17. The second-order valence-electron chi connectivity index (χ2n) is 4.05. The first kappa shape index (κ1) is 9.90. The summed E-state index contributed by atoms with van der Waals surface area (Å²) < 4.78 is 0. The summed E-state index contributed by atoms with van der Waals surface area (Å²) in [6, 6.07) is 5.88. The van der Waals surface area contributed by atoms with Crippen LogP contribution in [0, 0.1) is 12.3 Å². The van der Waals surface area contributed by atoms with Crippen molar-refractivity contribution >= 4 is 6.29 Å². The van der Waals surface area contributed by atoms with Gasteiger partial charge in [0.2, 0.25) is 0 Å². The lowest BCUT2D eigenvalue weighted by atomic mass is 9.89. The lowest BCUT2D eigenvalue weighted by Crippen LogP contribution is -2.17. The summed E-state index contributed by atoms with van der Waals surface area (Å²) in [7, 11) is 0. The van der Waals surface area contributed by atoms with Gasteiger partial charge in [-0.2, -0.15) is 0 Å². The minimum atomic E-state index is -0.305. The maximum Gasteiger partial charge on any atom is 0.125 e. The highest BCUT2D eigenvalue weighted by Crippen LogP contribution is 2.17. The lowest BCUT2D eigenvalue weighted by molar-refractivity contribution is -0.114. The summed E-state index contributed by atoms with van der Waals surface area (Å²) >= 11 is 0. The minimum Gasteiger partial charge on any atom is -0.303 e. The Kier molecular flexibility index (Phi) is 2.81. The van der Waals surface area contributed by atoms with Gasteiger partial charge in [-0.1, -0.05) is 19.9 Å². The van der Waals surface area contributed by atoms with Gasteiger partial charge in [0.15, 0.2) is 0 Å². The van der Waals surface area contributed by atoms with E-state index in [1.807, 2.05) is 39.0 Å². The molecule has 1 aromatic heterocycles. The SMILES string of the molecule is Cc1cccc(CC(C)(C)C=O)n1. The largest absolute Gasteiger partial charge is 0.303 e. The molecule has 0 atom stereocenters. The second kappa shape index (κ2) is 3.69. The fraction of sp³-hybridized carbons (Fsp3) is 0.455. The number of aromatic nitrogens is 1. The van der Waals surface area contributed by atoms with E-state index in [4.69, 9.17) is 0 Å². The Balaban J connectivity index is 2.80. The van der Waals surface area contributed by atoms with Crippen molar-refractivity contribution in [3.8, 4) is 0 Å². The van der Waals surface area contributed by atoms with Crippen LogP contribution in [0.2, 0.25) is 0 Å². The minimum absolute atomic E-state index is 0.305. The molecule has 1 rings (SSSR count). The van der Waals surface area contributed by atoms with Gasteiger partial charge in [-0.25, -0.2) is 0 Å². The van der Waals surface area contributed by atoms with E-state index >= 15 is 0 Å². The molecule has 0 saturated heterocycles. The standard InChI is InChI=1S/C11H15NO/c1-9-5-4-6-10(12-9)7-11(2,3)8-13/h4-6,8H,7H2,1-3H3. The fourth-order valence-corrected chi connectivity index (χ4v) is 1.21. The number of hydrogen-bond acceptors (Lipinski definition) is 2. The maximum absolute atomic E-state index is 10.7. The van der Waals surface area contributed by atoms with Gasteiger partial charge < -0.3 is 4.79 Å². The summed E-state index contributed by atoms with van der Waals surface area (Å²) in [5.41, 5.74) is 1.68. The predicted molar refractivity (Wildman–Crippen MR) is 52.5 cm³/mol. The Labute approximate surface area is 79.0 Å². The van der Waals surface area contributed by atoms with Gasteiger partial charge in [-0.05, 0) is 19.1 Å². The predicted octanol–water partition coefficient (Wildman–Crippen LogP) is 2.16. The molecule has 0 bridgehead atoms. The van der Waals surface area contributed by atoms with Crippen molar-refractivity contribution in [2.24, 2.45) is 5.41 Å². The molecule has 0 fully saturated rings. The van der Waals surface area contributed by atoms with Gasteiger partial charge in [-0.15, -0.1) is 0 Å². The molecule has 1 aromatic rings. The number of nitrogens with zero attached hydrogens (tertiary/aromatic N) is 1. The van der Waals surface area contributed by atoms with Crippen molar-refractivity contribution < 1.29 is 4.79 Å². The Morgan fingerprint density at radius 2 is 2.15 bits per heavy atom. The molecule has 2 nitrogen and oxygen atoms in total. The van der Waals surface area contributed by atoms with E-state index in [9.17, 15) is 4.79 Å². The van der Waals surface area contributed by atoms with Crippen LogP contribution in [-0.2, 0) is 11.2 Å². The second-order valence-corrected chi connectivity index (χ2v) is 4.05. The molecule has 0 aliphatic rings. The van der Waals surface area contributed by atoms with Gasteiger partial charge >= 0.3 is 0 Å². The van der Waals surface area contributed by atoms with Gasteiger partial charge in [-0.3, -0.25) is 4.98 Å². The molecule has 0 spiro atoms. The van der Waals surface area contributed by atoms with Crippen LogP contribution in [0.15, 0.2) is 18.2 Å². The van der Waals surface area contributed by atoms with Crippen LogP contribution in [-0.4, -0.2) is 11.3 Å². The lowest BCUT2D eigenvalue weighted by Gasteiger charge is -2.15. The zero-order chi connectivity index (χ0) is 9.90. The average Bonchev–Trinajstić information content (AvgIpc) is 2.03. The summed E-state index contributed by atoms with van der Waals surface area (Å²) in [6.45, 7) is 5.80. The smallest absolute Gasteiger partial charge is 0.125 e.